The minimum atomic E-state index is -0.313. The lowest BCUT2D eigenvalue weighted by molar-refractivity contribution is -0.141. The first-order valence-electron chi connectivity index (χ1n) is 8.58. The predicted octanol–water partition coefficient (Wildman–Crippen LogP) is 1.63. The number of tetrazole rings is 1. The van der Waals surface area contributed by atoms with Gasteiger partial charge in [0.2, 0.25) is 5.91 Å². The van der Waals surface area contributed by atoms with E-state index in [2.05, 4.69) is 39.8 Å². The second-order valence-corrected chi connectivity index (χ2v) is 6.58. The summed E-state index contributed by atoms with van der Waals surface area (Å²) in [6.45, 7) is 5.64. The molecule has 1 fully saturated rings. The van der Waals surface area contributed by atoms with Crippen LogP contribution in [0.25, 0.3) is 0 Å². The monoisotopic (exact) mass is 344 g/mol. The molecule has 1 aliphatic rings. The molecule has 3 rings (SSSR count). The Hall–Kier alpha value is -2.48. The summed E-state index contributed by atoms with van der Waals surface area (Å²) in [6.07, 6.45) is 0.740. The molecular weight excluding hydrogens is 320 g/mol. The zero-order valence-corrected chi connectivity index (χ0v) is 14.6. The number of aromatic amines is 1. The zero-order chi connectivity index (χ0) is 17.6. The van der Waals surface area contributed by atoms with Gasteiger partial charge in [0.25, 0.3) is 0 Å². The van der Waals surface area contributed by atoms with E-state index in [1.165, 1.54) is 0 Å². The number of nitrogens with one attached hydrogen (secondary N) is 2. The molecule has 0 bridgehead atoms. The third-order valence-corrected chi connectivity index (χ3v) is 4.19. The Kier molecular flexibility index (Phi) is 5.60. The Bertz CT molecular complexity index is 661. The number of H-pyrrole nitrogens is 1. The molecule has 8 nitrogen and oxygen atoms in total. The highest BCUT2D eigenvalue weighted by atomic mass is 16.5. The zero-order valence-electron chi connectivity index (χ0n) is 14.6. The number of carbonyl (C=O) groups excluding carboxylic acids is 1. The van der Waals surface area contributed by atoms with Crippen LogP contribution in [0.2, 0.25) is 0 Å². The lowest BCUT2D eigenvalue weighted by atomic mass is 10.0. The maximum Gasteiger partial charge on any atom is 0.245 e. The van der Waals surface area contributed by atoms with E-state index in [1.54, 1.807) is 4.90 Å². The van der Waals surface area contributed by atoms with Gasteiger partial charge in [-0.1, -0.05) is 37.3 Å². The molecule has 0 aliphatic carbocycles. The summed E-state index contributed by atoms with van der Waals surface area (Å²) in [6, 6.07) is 9.18. The Morgan fingerprint density at radius 2 is 2.20 bits per heavy atom. The van der Waals surface area contributed by atoms with E-state index < -0.39 is 0 Å². The fourth-order valence-electron chi connectivity index (χ4n) is 3.02. The number of amides is 1. The highest BCUT2D eigenvalue weighted by molar-refractivity contribution is 5.85. The minimum Gasteiger partial charge on any atom is -0.377 e. The molecule has 1 aromatic heterocycles. The van der Waals surface area contributed by atoms with Crippen molar-refractivity contribution in [1.82, 2.24) is 25.5 Å². The van der Waals surface area contributed by atoms with Crippen LogP contribution in [0.1, 0.15) is 32.1 Å². The van der Waals surface area contributed by atoms with Gasteiger partial charge in [-0.25, -0.2) is 0 Å². The molecule has 2 unspecified atom stereocenters. The Balaban J connectivity index is 1.79. The van der Waals surface area contributed by atoms with Crippen molar-refractivity contribution < 1.29 is 9.53 Å². The van der Waals surface area contributed by atoms with Gasteiger partial charge in [0.05, 0.1) is 13.2 Å². The molecular formula is C17H24N6O2. The first-order valence-corrected chi connectivity index (χ1v) is 8.58. The van der Waals surface area contributed by atoms with Gasteiger partial charge in [0.1, 0.15) is 12.1 Å². The van der Waals surface area contributed by atoms with E-state index in [9.17, 15) is 4.79 Å². The van der Waals surface area contributed by atoms with Crippen LogP contribution in [0.15, 0.2) is 30.3 Å². The molecule has 1 saturated heterocycles. The van der Waals surface area contributed by atoms with Crippen molar-refractivity contribution in [1.29, 1.82) is 0 Å². The Labute approximate surface area is 146 Å². The van der Waals surface area contributed by atoms with Crippen molar-refractivity contribution >= 4 is 11.6 Å². The average molecular weight is 344 g/mol. The van der Waals surface area contributed by atoms with Crippen LogP contribution in [0.5, 0.6) is 0 Å². The van der Waals surface area contributed by atoms with Gasteiger partial charge in [0.15, 0.2) is 5.82 Å². The van der Waals surface area contributed by atoms with Crippen molar-refractivity contribution in [3.63, 3.8) is 0 Å². The van der Waals surface area contributed by atoms with Gasteiger partial charge in [-0.2, -0.15) is 5.21 Å². The van der Waals surface area contributed by atoms with Crippen LogP contribution in [0.4, 0.5) is 5.69 Å². The third-order valence-electron chi connectivity index (χ3n) is 4.19. The van der Waals surface area contributed by atoms with Gasteiger partial charge in [-0.3, -0.25) is 4.79 Å². The molecule has 2 atom stereocenters. The summed E-state index contributed by atoms with van der Waals surface area (Å²) >= 11 is 0. The van der Waals surface area contributed by atoms with Gasteiger partial charge in [0, 0.05) is 12.2 Å². The molecule has 1 amide bonds. The number of benzene rings is 1. The standard InChI is InChI=1S/C17H24N6O2/c1-12(2)10-14(18-13-6-4-3-5-7-13)17(24)23-8-9-25-11-15(23)16-19-21-22-20-16/h3-7,12,14-15,18H,8-11H2,1-2H3,(H,19,20,21,22). The Morgan fingerprint density at radius 1 is 1.40 bits per heavy atom. The first-order chi connectivity index (χ1) is 12.1. The number of hydrogen-bond acceptors (Lipinski definition) is 6. The predicted molar refractivity (Wildman–Crippen MR) is 92.8 cm³/mol. The second-order valence-electron chi connectivity index (χ2n) is 6.58. The molecule has 0 radical (unpaired) electrons. The molecule has 1 aliphatic heterocycles. The number of rotatable bonds is 6. The van der Waals surface area contributed by atoms with Crippen LogP contribution in [0.3, 0.4) is 0 Å². The first kappa shape index (κ1) is 17.3. The van der Waals surface area contributed by atoms with Crippen LogP contribution in [-0.4, -0.2) is 57.2 Å². The summed E-state index contributed by atoms with van der Waals surface area (Å²) in [7, 11) is 0. The quantitative estimate of drug-likeness (QED) is 0.827. The average Bonchev–Trinajstić information content (AvgIpc) is 3.15. The highest BCUT2D eigenvalue weighted by Gasteiger charge is 2.35. The lowest BCUT2D eigenvalue weighted by Gasteiger charge is -2.36. The minimum absolute atomic E-state index is 0.0376. The molecule has 8 heteroatoms. The van der Waals surface area contributed by atoms with E-state index in [4.69, 9.17) is 4.74 Å². The van der Waals surface area contributed by atoms with Gasteiger partial charge < -0.3 is 15.0 Å². The maximum atomic E-state index is 13.3. The number of nitrogens with zero attached hydrogens (tertiary/aromatic N) is 4. The summed E-state index contributed by atoms with van der Waals surface area (Å²) in [5.74, 6) is 0.904. The van der Waals surface area contributed by atoms with Gasteiger partial charge in [-0.05, 0) is 24.5 Å². The van der Waals surface area contributed by atoms with Crippen LogP contribution < -0.4 is 5.32 Å². The topological polar surface area (TPSA) is 96.0 Å². The Morgan fingerprint density at radius 3 is 2.88 bits per heavy atom. The highest BCUT2D eigenvalue weighted by Crippen LogP contribution is 2.24. The van der Waals surface area contributed by atoms with Crippen molar-refractivity contribution in [2.75, 3.05) is 25.1 Å². The normalized spacial score (nSPS) is 19.0. The van der Waals surface area contributed by atoms with E-state index in [0.717, 1.165) is 12.1 Å². The van der Waals surface area contributed by atoms with Crippen molar-refractivity contribution in [2.24, 2.45) is 5.92 Å². The van der Waals surface area contributed by atoms with Crippen LogP contribution >= 0.6 is 0 Å². The van der Waals surface area contributed by atoms with Crippen molar-refractivity contribution in [2.45, 2.75) is 32.4 Å². The van der Waals surface area contributed by atoms with Crippen LogP contribution in [-0.2, 0) is 9.53 Å². The van der Waals surface area contributed by atoms with E-state index in [0.29, 0.717) is 31.5 Å². The molecule has 25 heavy (non-hydrogen) atoms. The molecule has 2 heterocycles. The number of anilines is 1. The fraction of sp³-hybridized carbons (Fsp3) is 0.529. The van der Waals surface area contributed by atoms with Gasteiger partial charge >= 0.3 is 0 Å². The summed E-state index contributed by atoms with van der Waals surface area (Å²) in [5.41, 5.74) is 0.936. The van der Waals surface area contributed by atoms with Gasteiger partial charge in [-0.15, -0.1) is 10.2 Å². The number of hydrogen-bond donors (Lipinski definition) is 2. The fourth-order valence-corrected chi connectivity index (χ4v) is 3.02. The molecule has 0 spiro atoms. The number of morpholine rings is 1. The summed E-state index contributed by atoms with van der Waals surface area (Å²) in [4.78, 5) is 15.1. The smallest absolute Gasteiger partial charge is 0.245 e. The largest absolute Gasteiger partial charge is 0.377 e. The molecule has 134 valence electrons. The molecule has 2 N–H and O–H groups in total. The van der Waals surface area contributed by atoms with Crippen molar-refractivity contribution in [3.05, 3.63) is 36.2 Å². The van der Waals surface area contributed by atoms with E-state index in [1.807, 2.05) is 30.3 Å². The number of aromatic nitrogens is 4. The van der Waals surface area contributed by atoms with E-state index >= 15 is 0 Å². The molecule has 0 saturated carbocycles. The second kappa shape index (κ2) is 8.06. The number of ether oxygens (including phenoxy) is 1. The van der Waals surface area contributed by atoms with Crippen molar-refractivity contribution in [3.8, 4) is 0 Å². The lowest BCUT2D eigenvalue weighted by Crippen LogP contribution is -2.50. The third kappa shape index (κ3) is 4.33. The molecule has 2 aromatic rings. The maximum absolute atomic E-state index is 13.3. The van der Waals surface area contributed by atoms with Crippen LogP contribution in [0, 0.1) is 5.92 Å². The summed E-state index contributed by atoms with van der Waals surface area (Å²) < 4.78 is 5.53. The number of carbonyl (C=O) groups is 1. The SMILES string of the molecule is CC(C)CC(Nc1ccccc1)C(=O)N1CCOCC1c1nn[nH]n1. The molecule has 1 aromatic carbocycles. The summed E-state index contributed by atoms with van der Waals surface area (Å²) in [5, 5.41) is 17.5. The number of para-hydroxylation sites is 1. The van der Waals surface area contributed by atoms with E-state index in [-0.39, 0.29) is 18.0 Å².